The maximum absolute atomic E-state index is 13.8. The van der Waals surface area contributed by atoms with Crippen LogP contribution in [0.25, 0.3) is 21.7 Å². The van der Waals surface area contributed by atoms with Crippen molar-refractivity contribution in [2.75, 3.05) is 18.2 Å². The molecular formula is C18H13FN4O3S2. The summed E-state index contributed by atoms with van der Waals surface area (Å²) >= 11 is 2.42. The zero-order valence-corrected chi connectivity index (χ0v) is 16.1. The van der Waals surface area contributed by atoms with Crippen molar-refractivity contribution >= 4 is 44.4 Å². The lowest BCUT2D eigenvalue weighted by molar-refractivity contribution is -0.113. The van der Waals surface area contributed by atoms with Crippen molar-refractivity contribution < 1.29 is 18.3 Å². The highest BCUT2D eigenvalue weighted by Crippen LogP contribution is 2.29. The van der Waals surface area contributed by atoms with E-state index in [1.807, 2.05) is 18.2 Å². The Kier molecular flexibility index (Phi) is 5.22. The molecule has 0 atom stereocenters. The molecule has 10 heteroatoms. The molecule has 0 unspecified atom stereocenters. The second kappa shape index (κ2) is 7.95. The van der Waals surface area contributed by atoms with Crippen LogP contribution in [0.1, 0.15) is 0 Å². The fourth-order valence-corrected chi connectivity index (χ4v) is 3.85. The van der Waals surface area contributed by atoms with Gasteiger partial charge in [-0.3, -0.25) is 4.79 Å². The maximum atomic E-state index is 13.8. The second-order valence-electron chi connectivity index (χ2n) is 5.54. The highest BCUT2D eigenvalue weighted by atomic mass is 32.2. The van der Waals surface area contributed by atoms with Crippen LogP contribution in [0.2, 0.25) is 0 Å². The molecule has 7 nitrogen and oxygen atoms in total. The standard InChI is InChI=1S/C18H13FN4O3S2/c1-25-10-6-7-13-14(8-10)28-17(20-13)21-15(24)9-27-18-23-22-16(26-18)11-4-2-3-5-12(11)19/h2-8H,9H2,1H3,(H,20,21,24). The normalized spacial score (nSPS) is 10.9. The number of benzene rings is 2. The average Bonchev–Trinajstić information content (AvgIpc) is 3.32. The lowest BCUT2D eigenvalue weighted by atomic mass is 10.2. The van der Waals surface area contributed by atoms with Gasteiger partial charge < -0.3 is 14.5 Å². The maximum Gasteiger partial charge on any atom is 0.277 e. The van der Waals surface area contributed by atoms with Gasteiger partial charge in [0.05, 0.1) is 28.6 Å². The van der Waals surface area contributed by atoms with Crippen LogP contribution < -0.4 is 10.1 Å². The molecule has 0 aliphatic carbocycles. The molecule has 2 heterocycles. The van der Waals surface area contributed by atoms with Gasteiger partial charge >= 0.3 is 0 Å². The number of aromatic nitrogens is 3. The van der Waals surface area contributed by atoms with Gasteiger partial charge in [0.2, 0.25) is 5.91 Å². The fourth-order valence-electron chi connectivity index (χ4n) is 2.38. The number of methoxy groups -OCH3 is 1. The summed E-state index contributed by atoms with van der Waals surface area (Å²) < 4.78 is 25.3. The summed E-state index contributed by atoms with van der Waals surface area (Å²) in [5, 5.41) is 11.1. The predicted molar refractivity (Wildman–Crippen MR) is 105 cm³/mol. The number of ether oxygens (including phenoxy) is 1. The van der Waals surface area contributed by atoms with E-state index in [1.165, 1.54) is 17.4 Å². The molecule has 0 radical (unpaired) electrons. The van der Waals surface area contributed by atoms with Gasteiger partial charge in [-0.15, -0.1) is 10.2 Å². The van der Waals surface area contributed by atoms with E-state index in [0.29, 0.717) is 5.13 Å². The first-order valence-corrected chi connectivity index (χ1v) is 9.88. The van der Waals surface area contributed by atoms with Crippen LogP contribution in [0, 0.1) is 5.82 Å². The molecule has 0 bridgehead atoms. The quantitative estimate of drug-likeness (QED) is 0.471. The van der Waals surface area contributed by atoms with E-state index in [9.17, 15) is 9.18 Å². The molecule has 0 aliphatic rings. The molecule has 28 heavy (non-hydrogen) atoms. The minimum atomic E-state index is -0.451. The van der Waals surface area contributed by atoms with Crippen LogP contribution in [0.15, 0.2) is 52.1 Å². The molecule has 2 aromatic heterocycles. The van der Waals surface area contributed by atoms with Gasteiger partial charge in [-0.1, -0.05) is 35.2 Å². The number of anilines is 1. The number of carbonyl (C=O) groups excluding carboxylic acids is 1. The Bertz CT molecular complexity index is 1140. The zero-order chi connectivity index (χ0) is 19.5. The zero-order valence-electron chi connectivity index (χ0n) is 14.5. The van der Waals surface area contributed by atoms with Crippen molar-refractivity contribution in [2.24, 2.45) is 0 Å². The Hall–Kier alpha value is -2.98. The first kappa shape index (κ1) is 18.4. The summed E-state index contributed by atoms with van der Waals surface area (Å²) in [4.78, 5) is 16.5. The number of halogens is 1. The Balaban J connectivity index is 1.38. The Labute approximate surface area is 166 Å². The first-order valence-electron chi connectivity index (χ1n) is 8.08. The Morgan fingerprint density at radius 1 is 1.29 bits per heavy atom. The Morgan fingerprint density at radius 2 is 2.14 bits per heavy atom. The van der Waals surface area contributed by atoms with E-state index >= 15 is 0 Å². The van der Waals surface area contributed by atoms with Crippen LogP contribution >= 0.6 is 23.1 Å². The molecule has 0 aliphatic heterocycles. The van der Waals surface area contributed by atoms with Crippen molar-refractivity contribution in [2.45, 2.75) is 5.22 Å². The summed E-state index contributed by atoms with van der Waals surface area (Å²) in [5.74, 6) is 0.139. The fraction of sp³-hybridized carbons (Fsp3) is 0.111. The minimum absolute atomic E-state index is 0.0537. The van der Waals surface area contributed by atoms with E-state index in [0.717, 1.165) is 27.7 Å². The number of carbonyl (C=O) groups is 1. The van der Waals surface area contributed by atoms with E-state index in [1.54, 1.807) is 25.3 Å². The number of amides is 1. The largest absolute Gasteiger partial charge is 0.497 e. The molecule has 1 N–H and O–H groups in total. The average molecular weight is 416 g/mol. The number of fused-ring (bicyclic) bond motifs is 1. The number of hydrogen-bond donors (Lipinski definition) is 1. The molecule has 0 saturated heterocycles. The predicted octanol–water partition coefficient (Wildman–Crippen LogP) is 4.22. The summed E-state index contributed by atoms with van der Waals surface area (Å²) in [6.45, 7) is 0. The monoisotopic (exact) mass is 416 g/mol. The van der Waals surface area contributed by atoms with Crippen molar-refractivity contribution in [1.29, 1.82) is 0 Å². The van der Waals surface area contributed by atoms with Gasteiger partial charge in [-0.2, -0.15) is 0 Å². The molecule has 0 spiro atoms. The number of nitrogens with one attached hydrogen (secondary N) is 1. The van der Waals surface area contributed by atoms with Gasteiger partial charge in [-0.05, 0) is 30.3 Å². The van der Waals surface area contributed by atoms with Crippen molar-refractivity contribution in [3.63, 3.8) is 0 Å². The van der Waals surface area contributed by atoms with Crippen LogP contribution in [-0.4, -0.2) is 34.0 Å². The molecule has 1 amide bonds. The van der Waals surface area contributed by atoms with Crippen molar-refractivity contribution in [3.8, 4) is 17.2 Å². The SMILES string of the molecule is COc1ccc2nc(NC(=O)CSc3nnc(-c4ccccc4F)o3)sc2c1. The smallest absolute Gasteiger partial charge is 0.277 e. The van der Waals surface area contributed by atoms with Gasteiger partial charge in [-0.25, -0.2) is 9.37 Å². The number of hydrogen-bond acceptors (Lipinski definition) is 8. The lowest BCUT2D eigenvalue weighted by Gasteiger charge is -1.99. The highest BCUT2D eigenvalue weighted by Gasteiger charge is 2.15. The minimum Gasteiger partial charge on any atom is -0.497 e. The highest BCUT2D eigenvalue weighted by molar-refractivity contribution is 7.99. The van der Waals surface area contributed by atoms with E-state index in [-0.39, 0.29) is 28.3 Å². The third-order valence-corrected chi connectivity index (χ3v) is 5.43. The molecule has 0 saturated carbocycles. The number of thioether (sulfide) groups is 1. The van der Waals surface area contributed by atoms with Crippen LogP contribution in [0.5, 0.6) is 5.75 Å². The van der Waals surface area contributed by atoms with Crippen molar-refractivity contribution in [3.05, 3.63) is 48.3 Å². The summed E-state index contributed by atoms with van der Waals surface area (Å²) in [7, 11) is 1.59. The van der Waals surface area contributed by atoms with Crippen LogP contribution in [0.4, 0.5) is 9.52 Å². The molecule has 4 rings (SSSR count). The third kappa shape index (κ3) is 3.97. The molecule has 0 fully saturated rings. The summed E-state index contributed by atoms with van der Waals surface area (Å²) in [5.41, 5.74) is 0.997. The number of nitrogens with zero attached hydrogens (tertiary/aromatic N) is 3. The first-order chi connectivity index (χ1) is 13.6. The van der Waals surface area contributed by atoms with Crippen LogP contribution in [-0.2, 0) is 4.79 Å². The summed E-state index contributed by atoms with van der Waals surface area (Å²) in [6, 6.07) is 11.6. The van der Waals surface area contributed by atoms with Gasteiger partial charge in [0, 0.05) is 0 Å². The molecule has 2 aromatic carbocycles. The molecule has 142 valence electrons. The van der Waals surface area contributed by atoms with Crippen LogP contribution in [0.3, 0.4) is 0 Å². The second-order valence-corrected chi connectivity index (χ2v) is 7.50. The third-order valence-electron chi connectivity index (χ3n) is 3.68. The van der Waals surface area contributed by atoms with E-state index < -0.39 is 5.82 Å². The summed E-state index contributed by atoms with van der Waals surface area (Å²) in [6.07, 6.45) is 0. The molecule has 4 aromatic rings. The molecular weight excluding hydrogens is 403 g/mol. The Morgan fingerprint density at radius 3 is 2.96 bits per heavy atom. The number of rotatable bonds is 6. The topological polar surface area (TPSA) is 90.1 Å². The van der Waals surface area contributed by atoms with Crippen molar-refractivity contribution in [1.82, 2.24) is 15.2 Å². The van der Waals surface area contributed by atoms with Gasteiger partial charge in [0.1, 0.15) is 11.6 Å². The van der Waals surface area contributed by atoms with Gasteiger partial charge in [0.15, 0.2) is 5.13 Å². The number of thiazole rings is 1. The van der Waals surface area contributed by atoms with E-state index in [2.05, 4.69) is 20.5 Å². The van der Waals surface area contributed by atoms with Gasteiger partial charge in [0.25, 0.3) is 11.1 Å². The van der Waals surface area contributed by atoms with E-state index in [4.69, 9.17) is 9.15 Å². The lowest BCUT2D eigenvalue weighted by Crippen LogP contribution is -2.13.